The Hall–Kier alpha value is -1.03. The van der Waals surface area contributed by atoms with E-state index in [-0.39, 0.29) is 0 Å². The largest absolute Gasteiger partial charge is 0.362 e. The Morgan fingerprint density at radius 3 is 2.88 bits per heavy atom. The van der Waals surface area contributed by atoms with Crippen molar-refractivity contribution < 1.29 is 9.47 Å². The molecule has 0 unspecified atom stereocenters. The molecule has 0 amide bonds. The molecule has 1 fully saturated rings. The summed E-state index contributed by atoms with van der Waals surface area (Å²) in [6, 6.07) is 5.79. The van der Waals surface area contributed by atoms with Crippen LogP contribution in [0.25, 0.3) is 0 Å². The maximum absolute atomic E-state index is 6.00. The van der Waals surface area contributed by atoms with Gasteiger partial charge in [-0.15, -0.1) is 0 Å². The van der Waals surface area contributed by atoms with Crippen LogP contribution in [0.1, 0.15) is 5.56 Å². The standard InChI is InChI=1S/C12H12ClNO2/c13-10-1-2-11-9(7-10)8-12(3-4-14-11)15-5-6-16-12/h1-4,7,14H,5-6,8H2. The molecule has 0 saturated carbocycles. The van der Waals surface area contributed by atoms with Gasteiger partial charge in [0, 0.05) is 23.3 Å². The van der Waals surface area contributed by atoms with Crippen molar-refractivity contribution in [3.05, 3.63) is 41.1 Å². The molecule has 0 radical (unpaired) electrons. The molecule has 3 nitrogen and oxygen atoms in total. The van der Waals surface area contributed by atoms with E-state index in [2.05, 4.69) is 5.32 Å². The highest BCUT2D eigenvalue weighted by molar-refractivity contribution is 6.30. The minimum absolute atomic E-state index is 0.608. The third-order valence-electron chi connectivity index (χ3n) is 2.86. The van der Waals surface area contributed by atoms with Crippen molar-refractivity contribution in [2.24, 2.45) is 0 Å². The number of halogens is 1. The van der Waals surface area contributed by atoms with E-state index in [0.717, 1.165) is 16.3 Å². The second kappa shape index (κ2) is 3.77. The van der Waals surface area contributed by atoms with E-state index >= 15 is 0 Å². The molecule has 2 aliphatic heterocycles. The summed E-state index contributed by atoms with van der Waals surface area (Å²) in [4.78, 5) is 0. The van der Waals surface area contributed by atoms with Gasteiger partial charge in [0.1, 0.15) is 0 Å². The maximum Gasteiger partial charge on any atom is 0.193 e. The molecular weight excluding hydrogens is 226 g/mol. The highest BCUT2D eigenvalue weighted by Gasteiger charge is 2.35. The molecule has 3 rings (SSSR count). The molecule has 0 bridgehead atoms. The minimum atomic E-state index is -0.608. The molecule has 0 aliphatic carbocycles. The van der Waals surface area contributed by atoms with E-state index in [1.165, 1.54) is 0 Å². The highest BCUT2D eigenvalue weighted by atomic mass is 35.5. The normalized spacial score (nSPS) is 21.6. The summed E-state index contributed by atoms with van der Waals surface area (Å²) in [6.45, 7) is 1.28. The summed E-state index contributed by atoms with van der Waals surface area (Å²) in [5, 5.41) is 3.94. The van der Waals surface area contributed by atoms with Crippen LogP contribution in [0, 0.1) is 0 Å². The lowest BCUT2D eigenvalue weighted by Gasteiger charge is -2.22. The smallest absolute Gasteiger partial charge is 0.193 e. The Labute approximate surface area is 99.0 Å². The first-order valence-corrected chi connectivity index (χ1v) is 5.66. The second-order valence-corrected chi connectivity index (χ2v) is 4.40. The van der Waals surface area contributed by atoms with Gasteiger partial charge in [-0.3, -0.25) is 0 Å². The fourth-order valence-electron chi connectivity index (χ4n) is 2.10. The summed E-state index contributed by atoms with van der Waals surface area (Å²) in [5.41, 5.74) is 2.16. The number of fused-ring (bicyclic) bond motifs is 1. The van der Waals surface area contributed by atoms with Crippen molar-refractivity contribution >= 4 is 17.3 Å². The Morgan fingerprint density at radius 1 is 1.25 bits per heavy atom. The topological polar surface area (TPSA) is 30.5 Å². The van der Waals surface area contributed by atoms with Gasteiger partial charge in [-0.2, -0.15) is 0 Å². The molecule has 2 heterocycles. The van der Waals surface area contributed by atoms with Crippen LogP contribution >= 0.6 is 11.6 Å². The second-order valence-electron chi connectivity index (χ2n) is 3.96. The van der Waals surface area contributed by atoms with Crippen molar-refractivity contribution in [2.75, 3.05) is 18.5 Å². The molecule has 1 aromatic rings. The molecule has 16 heavy (non-hydrogen) atoms. The number of hydrogen-bond acceptors (Lipinski definition) is 3. The molecule has 0 atom stereocenters. The molecule has 0 aromatic heterocycles. The van der Waals surface area contributed by atoms with Crippen LogP contribution < -0.4 is 5.32 Å². The van der Waals surface area contributed by atoms with Crippen LogP contribution in [0.2, 0.25) is 5.02 Å². The summed E-state index contributed by atoms with van der Waals surface area (Å²) >= 11 is 6.00. The SMILES string of the molecule is Clc1ccc2c(c1)CC1(C=CN2)OCCO1. The first-order valence-electron chi connectivity index (χ1n) is 5.28. The van der Waals surface area contributed by atoms with E-state index in [9.17, 15) is 0 Å². The molecule has 1 spiro atoms. The predicted octanol–water partition coefficient (Wildman–Crippen LogP) is 2.56. The van der Waals surface area contributed by atoms with Gasteiger partial charge in [0.15, 0.2) is 5.79 Å². The van der Waals surface area contributed by atoms with Crippen molar-refractivity contribution in [3.63, 3.8) is 0 Å². The van der Waals surface area contributed by atoms with Crippen LogP contribution in [0.5, 0.6) is 0 Å². The monoisotopic (exact) mass is 237 g/mol. The Kier molecular flexibility index (Phi) is 2.39. The number of anilines is 1. The zero-order valence-electron chi connectivity index (χ0n) is 8.70. The zero-order valence-corrected chi connectivity index (χ0v) is 9.46. The van der Waals surface area contributed by atoms with Crippen molar-refractivity contribution in [2.45, 2.75) is 12.2 Å². The summed E-state index contributed by atoms with van der Waals surface area (Å²) in [6.07, 6.45) is 4.48. The average Bonchev–Trinajstić information content (AvgIpc) is 2.61. The average molecular weight is 238 g/mol. The summed E-state index contributed by atoms with van der Waals surface area (Å²) in [7, 11) is 0. The summed E-state index contributed by atoms with van der Waals surface area (Å²) in [5.74, 6) is -0.608. The minimum Gasteiger partial charge on any atom is -0.362 e. The van der Waals surface area contributed by atoms with Crippen LogP contribution in [0.4, 0.5) is 5.69 Å². The molecule has 4 heteroatoms. The van der Waals surface area contributed by atoms with Gasteiger partial charge in [-0.25, -0.2) is 0 Å². The first-order chi connectivity index (χ1) is 7.77. The van der Waals surface area contributed by atoms with Crippen molar-refractivity contribution in [1.82, 2.24) is 0 Å². The van der Waals surface area contributed by atoms with E-state index in [0.29, 0.717) is 19.6 Å². The van der Waals surface area contributed by atoms with E-state index in [1.807, 2.05) is 30.5 Å². The molecule has 1 aromatic carbocycles. The fraction of sp³-hybridized carbons (Fsp3) is 0.333. The zero-order chi connectivity index (χ0) is 11.0. The van der Waals surface area contributed by atoms with Gasteiger partial charge in [0.25, 0.3) is 0 Å². The number of hydrogen-bond donors (Lipinski definition) is 1. The first kappa shape index (κ1) is 10.1. The van der Waals surface area contributed by atoms with Gasteiger partial charge in [0.2, 0.25) is 0 Å². The van der Waals surface area contributed by atoms with Crippen LogP contribution in [0.3, 0.4) is 0 Å². The van der Waals surface area contributed by atoms with Gasteiger partial charge in [-0.1, -0.05) is 11.6 Å². The quantitative estimate of drug-likeness (QED) is 0.752. The maximum atomic E-state index is 6.00. The third kappa shape index (κ3) is 1.71. The molecule has 1 N–H and O–H groups in total. The predicted molar refractivity (Wildman–Crippen MR) is 62.6 cm³/mol. The Morgan fingerprint density at radius 2 is 2.06 bits per heavy atom. The number of benzene rings is 1. The Bertz CT molecular complexity index is 439. The molecule has 84 valence electrons. The molecule has 2 aliphatic rings. The van der Waals surface area contributed by atoms with Gasteiger partial charge in [0.05, 0.1) is 13.2 Å². The number of nitrogens with one attached hydrogen (secondary N) is 1. The van der Waals surface area contributed by atoms with Crippen LogP contribution in [0.15, 0.2) is 30.5 Å². The lowest BCUT2D eigenvalue weighted by Crippen LogP contribution is -2.29. The van der Waals surface area contributed by atoms with Crippen molar-refractivity contribution in [1.29, 1.82) is 0 Å². The number of rotatable bonds is 0. The van der Waals surface area contributed by atoms with E-state index < -0.39 is 5.79 Å². The molecular formula is C12H12ClNO2. The van der Waals surface area contributed by atoms with Crippen molar-refractivity contribution in [3.8, 4) is 0 Å². The van der Waals surface area contributed by atoms with Crippen LogP contribution in [-0.4, -0.2) is 19.0 Å². The highest BCUT2D eigenvalue weighted by Crippen LogP contribution is 2.32. The molecule has 1 saturated heterocycles. The van der Waals surface area contributed by atoms with Gasteiger partial charge >= 0.3 is 0 Å². The van der Waals surface area contributed by atoms with Gasteiger partial charge in [-0.05, 0) is 29.8 Å². The fourth-order valence-corrected chi connectivity index (χ4v) is 2.30. The lowest BCUT2D eigenvalue weighted by molar-refractivity contribution is -0.114. The van der Waals surface area contributed by atoms with E-state index in [4.69, 9.17) is 21.1 Å². The van der Waals surface area contributed by atoms with Crippen LogP contribution in [-0.2, 0) is 15.9 Å². The lowest BCUT2D eigenvalue weighted by atomic mass is 10.0. The van der Waals surface area contributed by atoms with E-state index in [1.54, 1.807) is 0 Å². The van der Waals surface area contributed by atoms with Gasteiger partial charge < -0.3 is 14.8 Å². The third-order valence-corrected chi connectivity index (χ3v) is 3.09. The summed E-state index contributed by atoms with van der Waals surface area (Å²) < 4.78 is 11.3. The Balaban J connectivity index is 2.00. The number of ether oxygens (including phenoxy) is 2.